The molecule has 0 aliphatic carbocycles. The van der Waals surface area contributed by atoms with E-state index in [0.29, 0.717) is 5.57 Å². The van der Waals surface area contributed by atoms with E-state index >= 15 is 0 Å². The number of carboxylic acid groups (broad SMARTS) is 1. The lowest BCUT2D eigenvalue weighted by Crippen LogP contribution is -2.73. The van der Waals surface area contributed by atoms with Crippen LogP contribution in [0.5, 0.6) is 0 Å². The highest BCUT2D eigenvalue weighted by Gasteiger charge is 2.04. The molecule has 1 aromatic rings. The number of quaternary nitrogens is 1. The summed E-state index contributed by atoms with van der Waals surface area (Å²) in [4.78, 5) is 10.6. The summed E-state index contributed by atoms with van der Waals surface area (Å²) in [7, 11) is 1.93. The van der Waals surface area contributed by atoms with Gasteiger partial charge in [-0.3, -0.25) is 0 Å². The van der Waals surface area contributed by atoms with Crippen molar-refractivity contribution in [2.24, 2.45) is 0 Å². The maximum Gasteiger partial charge on any atom is 0.331 e. The van der Waals surface area contributed by atoms with Crippen molar-refractivity contribution in [1.82, 2.24) is 0 Å². The van der Waals surface area contributed by atoms with Crippen LogP contribution in [0, 0.1) is 0 Å². The molecule has 1 aromatic carbocycles. The molecule has 0 spiro atoms. The zero-order chi connectivity index (χ0) is 12.6. The number of aliphatic carboxylic acids is 1. The van der Waals surface area contributed by atoms with Gasteiger partial charge in [-0.05, 0) is 25.1 Å². The third kappa shape index (κ3) is 4.28. The molecule has 0 aromatic heterocycles. The van der Waals surface area contributed by atoms with Crippen LogP contribution in [0.25, 0.3) is 6.08 Å². The monoisotopic (exact) mass is 222 g/mol. The molecule has 0 saturated carbocycles. The summed E-state index contributed by atoms with van der Waals surface area (Å²) in [5.41, 5.74) is 2.34. The molecule has 0 bridgehead atoms. The zero-order valence-electron chi connectivity index (χ0n) is 10.3. The number of rotatable bonds is 3. The SMILES string of the molecule is CC.C[NH2+]c1ccccc1/C=C(\C)C(=O)O. The van der Waals surface area contributed by atoms with Crippen LogP contribution in [0.3, 0.4) is 0 Å². The normalized spacial score (nSPS) is 10.4. The molecule has 88 valence electrons. The van der Waals surface area contributed by atoms with E-state index in [-0.39, 0.29) is 0 Å². The fourth-order valence-electron chi connectivity index (χ4n) is 1.20. The Labute approximate surface area is 96.8 Å². The molecular formula is C13H20NO2+. The molecule has 3 N–H and O–H groups in total. The average Bonchev–Trinajstić information content (AvgIpc) is 2.32. The fourth-order valence-corrected chi connectivity index (χ4v) is 1.20. The third-order valence-corrected chi connectivity index (χ3v) is 2.02. The van der Waals surface area contributed by atoms with E-state index in [1.807, 2.05) is 50.5 Å². The van der Waals surface area contributed by atoms with Gasteiger partial charge in [0.1, 0.15) is 5.69 Å². The minimum absolute atomic E-state index is 0.347. The summed E-state index contributed by atoms with van der Waals surface area (Å²) in [6, 6.07) is 7.69. The van der Waals surface area contributed by atoms with E-state index in [9.17, 15) is 4.79 Å². The summed E-state index contributed by atoms with van der Waals surface area (Å²) in [5.74, 6) is -0.879. The molecule has 3 nitrogen and oxygen atoms in total. The number of para-hydroxylation sites is 1. The second-order valence-electron chi connectivity index (χ2n) is 3.05. The van der Waals surface area contributed by atoms with Crippen molar-refractivity contribution in [3.8, 4) is 0 Å². The summed E-state index contributed by atoms with van der Waals surface area (Å²) >= 11 is 0. The summed E-state index contributed by atoms with van der Waals surface area (Å²) in [6.45, 7) is 5.59. The van der Waals surface area contributed by atoms with Crippen molar-refractivity contribution < 1.29 is 15.2 Å². The molecule has 0 aliphatic heterocycles. The quantitative estimate of drug-likeness (QED) is 0.607. The second kappa shape index (κ2) is 7.65. The van der Waals surface area contributed by atoms with Gasteiger partial charge in [0.2, 0.25) is 0 Å². The van der Waals surface area contributed by atoms with Gasteiger partial charge in [-0.1, -0.05) is 26.0 Å². The molecule has 0 unspecified atom stereocenters. The van der Waals surface area contributed by atoms with Crippen LogP contribution in [-0.4, -0.2) is 18.1 Å². The predicted octanol–water partition coefficient (Wildman–Crippen LogP) is 2.03. The van der Waals surface area contributed by atoms with E-state index in [0.717, 1.165) is 11.3 Å². The van der Waals surface area contributed by atoms with Crippen LogP contribution in [0.2, 0.25) is 0 Å². The number of benzene rings is 1. The van der Waals surface area contributed by atoms with Gasteiger partial charge in [-0.25, -0.2) is 4.79 Å². The highest BCUT2D eigenvalue weighted by Crippen LogP contribution is 2.13. The molecule has 0 fully saturated rings. The lowest BCUT2D eigenvalue weighted by atomic mass is 10.1. The topological polar surface area (TPSA) is 53.9 Å². The van der Waals surface area contributed by atoms with Crippen molar-refractivity contribution in [3.05, 3.63) is 35.4 Å². The van der Waals surface area contributed by atoms with Gasteiger partial charge in [0.05, 0.1) is 7.05 Å². The minimum atomic E-state index is -0.879. The number of carbonyl (C=O) groups is 1. The second-order valence-corrected chi connectivity index (χ2v) is 3.05. The lowest BCUT2D eigenvalue weighted by molar-refractivity contribution is -0.539. The van der Waals surface area contributed by atoms with Crippen molar-refractivity contribution in [2.45, 2.75) is 20.8 Å². The van der Waals surface area contributed by atoms with Crippen LogP contribution in [0.1, 0.15) is 26.3 Å². The Morgan fingerprint density at radius 3 is 2.38 bits per heavy atom. The summed E-state index contributed by atoms with van der Waals surface area (Å²) < 4.78 is 0. The fraction of sp³-hybridized carbons (Fsp3) is 0.308. The Bertz CT molecular complexity index is 370. The van der Waals surface area contributed by atoms with Gasteiger partial charge >= 0.3 is 5.97 Å². The van der Waals surface area contributed by atoms with E-state index in [1.165, 1.54) is 0 Å². The maximum atomic E-state index is 10.6. The first kappa shape index (κ1) is 14.4. The minimum Gasteiger partial charge on any atom is -0.478 e. The number of hydrogen-bond acceptors (Lipinski definition) is 1. The number of nitrogens with two attached hydrogens (primary N) is 1. The van der Waals surface area contributed by atoms with Crippen LogP contribution in [0.4, 0.5) is 5.69 Å². The Kier molecular flexibility index (Phi) is 6.88. The molecule has 0 atom stereocenters. The predicted molar refractivity (Wildman–Crippen MR) is 66.6 cm³/mol. The summed E-state index contributed by atoms with van der Waals surface area (Å²) in [5, 5.41) is 10.7. The van der Waals surface area contributed by atoms with Crippen LogP contribution < -0.4 is 5.32 Å². The zero-order valence-corrected chi connectivity index (χ0v) is 10.3. The van der Waals surface area contributed by atoms with Crippen molar-refractivity contribution in [1.29, 1.82) is 0 Å². The maximum absolute atomic E-state index is 10.6. The Morgan fingerprint density at radius 1 is 1.31 bits per heavy atom. The molecule has 3 heteroatoms. The first-order chi connectivity index (χ1) is 7.65. The first-order valence-corrected chi connectivity index (χ1v) is 5.45. The third-order valence-electron chi connectivity index (χ3n) is 2.02. The molecule has 0 heterocycles. The molecule has 16 heavy (non-hydrogen) atoms. The molecule has 1 rings (SSSR count). The van der Waals surface area contributed by atoms with E-state index < -0.39 is 5.97 Å². The van der Waals surface area contributed by atoms with Crippen LogP contribution >= 0.6 is 0 Å². The largest absolute Gasteiger partial charge is 0.478 e. The molecule has 0 saturated heterocycles. The van der Waals surface area contributed by atoms with Crippen LogP contribution in [0.15, 0.2) is 29.8 Å². The van der Waals surface area contributed by atoms with Gasteiger partial charge in [-0.15, -0.1) is 0 Å². The standard InChI is InChI=1S/C11H13NO2.C2H6/c1-8(11(13)14)7-9-5-3-4-6-10(9)12-2;1-2/h3-7,12H,1-2H3,(H,13,14);1-2H3/p+1/b8-7+;. The molecule has 0 amide bonds. The number of carboxylic acids is 1. The highest BCUT2D eigenvalue weighted by molar-refractivity contribution is 5.92. The van der Waals surface area contributed by atoms with Gasteiger partial charge < -0.3 is 10.4 Å². The number of hydrogen-bond donors (Lipinski definition) is 2. The highest BCUT2D eigenvalue weighted by atomic mass is 16.4. The van der Waals surface area contributed by atoms with Crippen molar-refractivity contribution >= 4 is 17.7 Å². The summed E-state index contributed by atoms with van der Waals surface area (Å²) in [6.07, 6.45) is 1.68. The Morgan fingerprint density at radius 2 is 1.88 bits per heavy atom. The Hall–Kier alpha value is -1.61. The van der Waals surface area contributed by atoms with E-state index in [4.69, 9.17) is 5.11 Å². The average molecular weight is 222 g/mol. The van der Waals surface area contributed by atoms with Crippen molar-refractivity contribution in [2.75, 3.05) is 7.05 Å². The molecular weight excluding hydrogens is 202 g/mol. The van der Waals surface area contributed by atoms with E-state index in [1.54, 1.807) is 13.0 Å². The molecule has 0 radical (unpaired) electrons. The van der Waals surface area contributed by atoms with E-state index in [2.05, 4.69) is 0 Å². The Balaban J connectivity index is 0.00000106. The van der Waals surface area contributed by atoms with Crippen molar-refractivity contribution in [3.63, 3.8) is 0 Å². The first-order valence-electron chi connectivity index (χ1n) is 5.45. The lowest BCUT2D eigenvalue weighted by Gasteiger charge is -2.00. The molecule has 0 aliphatic rings. The van der Waals surface area contributed by atoms with Gasteiger partial charge in [-0.2, -0.15) is 0 Å². The van der Waals surface area contributed by atoms with Gasteiger partial charge in [0.25, 0.3) is 0 Å². The van der Waals surface area contributed by atoms with Gasteiger partial charge in [0.15, 0.2) is 0 Å². The smallest absolute Gasteiger partial charge is 0.331 e. The van der Waals surface area contributed by atoms with Gasteiger partial charge in [0, 0.05) is 11.1 Å². The van der Waals surface area contributed by atoms with Crippen LogP contribution in [-0.2, 0) is 4.79 Å².